The minimum atomic E-state index is -0.0102. The minimum absolute atomic E-state index is 0.00992. The third-order valence-electron chi connectivity index (χ3n) is 7.82. The summed E-state index contributed by atoms with van der Waals surface area (Å²) in [6, 6.07) is 12.4. The molecular weight excluding hydrogens is 470 g/mol. The number of nitrogen functional groups attached to an aromatic ring is 1. The van der Waals surface area contributed by atoms with Gasteiger partial charge in [-0.3, -0.25) is 0 Å². The number of nitrogens with two attached hydrogens (primary N) is 1. The van der Waals surface area contributed by atoms with Gasteiger partial charge in [0.1, 0.15) is 17.3 Å². The number of hydrogen-bond donors (Lipinski definition) is 1. The van der Waals surface area contributed by atoms with Crippen LogP contribution in [0.25, 0.3) is 5.70 Å². The van der Waals surface area contributed by atoms with E-state index in [1.165, 1.54) is 5.56 Å². The van der Waals surface area contributed by atoms with Crippen molar-refractivity contribution in [3.8, 4) is 5.75 Å². The van der Waals surface area contributed by atoms with E-state index in [9.17, 15) is 0 Å². The molecule has 1 aromatic heterocycles. The molecule has 0 fully saturated rings. The predicted octanol–water partition coefficient (Wildman–Crippen LogP) is 7.76. The van der Waals surface area contributed by atoms with Gasteiger partial charge in [-0.1, -0.05) is 70.5 Å². The maximum atomic E-state index is 6.66. The quantitative estimate of drug-likeness (QED) is 0.245. The summed E-state index contributed by atoms with van der Waals surface area (Å²) in [4.78, 5) is 6.42. The molecule has 0 saturated carbocycles. The van der Waals surface area contributed by atoms with Gasteiger partial charge in [0.15, 0.2) is 0 Å². The molecule has 2 N–H and O–H groups in total. The zero-order valence-electron chi connectivity index (χ0n) is 24.1. The molecule has 1 unspecified atom stereocenters. The van der Waals surface area contributed by atoms with Crippen LogP contribution in [0.2, 0.25) is 0 Å². The smallest absolute Gasteiger partial charge is 0.130 e. The molecule has 0 spiro atoms. The monoisotopic (exact) mass is 517 g/mol. The predicted molar refractivity (Wildman–Crippen MR) is 160 cm³/mol. The average Bonchev–Trinajstić information content (AvgIpc) is 2.90. The van der Waals surface area contributed by atoms with E-state index in [4.69, 9.17) is 15.2 Å². The number of hydrogen-bond acceptors (Lipinski definition) is 5. The van der Waals surface area contributed by atoms with Gasteiger partial charge in [-0.15, -0.1) is 0 Å². The van der Waals surface area contributed by atoms with Crippen molar-refractivity contribution in [1.82, 2.24) is 9.88 Å². The molecule has 206 valence electrons. The van der Waals surface area contributed by atoms with Gasteiger partial charge < -0.3 is 20.1 Å². The minimum Gasteiger partial charge on any atom is -0.461 e. The molecular formula is C33H47N3O2. The van der Waals surface area contributed by atoms with Gasteiger partial charge in [-0.2, -0.15) is 0 Å². The van der Waals surface area contributed by atoms with E-state index in [0.717, 1.165) is 80.9 Å². The molecule has 2 aromatic rings. The summed E-state index contributed by atoms with van der Waals surface area (Å²) in [5, 5.41) is 0. The Bertz CT molecular complexity index is 1100. The highest BCUT2D eigenvalue weighted by atomic mass is 16.5. The summed E-state index contributed by atoms with van der Waals surface area (Å²) >= 11 is 0. The summed E-state index contributed by atoms with van der Waals surface area (Å²) in [5.74, 6) is 2.54. The lowest BCUT2D eigenvalue weighted by Crippen LogP contribution is -2.26. The number of allylic oxidation sites excluding steroid dienone is 4. The van der Waals surface area contributed by atoms with Gasteiger partial charge in [0.25, 0.3) is 0 Å². The summed E-state index contributed by atoms with van der Waals surface area (Å²) in [7, 11) is 3.88. The summed E-state index contributed by atoms with van der Waals surface area (Å²) in [6.45, 7) is 12.9. The summed E-state index contributed by atoms with van der Waals surface area (Å²) in [5.41, 5.74) is 9.01. The van der Waals surface area contributed by atoms with Gasteiger partial charge >= 0.3 is 0 Å². The molecule has 1 atom stereocenters. The van der Waals surface area contributed by atoms with Gasteiger partial charge in [-0.25, -0.2) is 4.98 Å². The van der Waals surface area contributed by atoms with Crippen LogP contribution in [0, 0.1) is 5.41 Å². The number of methoxy groups -OCH3 is 1. The number of rotatable bonds is 15. The summed E-state index contributed by atoms with van der Waals surface area (Å²) < 4.78 is 12.0. The second-order valence-electron chi connectivity index (χ2n) is 11.5. The maximum Gasteiger partial charge on any atom is 0.130 e. The lowest BCUT2D eigenvalue weighted by molar-refractivity contribution is 0.188. The van der Waals surface area contributed by atoms with E-state index in [1.54, 1.807) is 13.3 Å². The van der Waals surface area contributed by atoms with Gasteiger partial charge in [0, 0.05) is 55.7 Å². The third kappa shape index (κ3) is 7.97. The molecule has 5 heteroatoms. The molecule has 1 aromatic carbocycles. The maximum absolute atomic E-state index is 6.66. The number of pyridine rings is 1. The Morgan fingerprint density at radius 1 is 1.11 bits per heavy atom. The van der Waals surface area contributed by atoms with E-state index in [2.05, 4.69) is 86.8 Å². The highest BCUT2D eigenvalue weighted by molar-refractivity contribution is 5.61. The van der Waals surface area contributed by atoms with E-state index in [-0.39, 0.29) is 10.8 Å². The van der Waals surface area contributed by atoms with E-state index >= 15 is 0 Å². The first kappa shape index (κ1) is 29.5. The first-order valence-corrected chi connectivity index (χ1v) is 13.9. The van der Waals surface area contributed by atoms with Gasteiger partial charge in [0.2, 0.25) is 0 Å². The van der Waals surface area contributed by atoms with E-state index in [1.807, 2.05) is 12.1 Å². The van der Waals surface area contributed by atoms with Crippen molar-refractivity contribution in [3.63, 3.8) is 0 Å². The molecule has 0 amide bonds. The topological polar surface area (TPSA) is 60.6 Å². The average molecular weight is 518 g/mol. The molecule has 0 saturated heterocycles. The van der Waals surface area contributed by atoms with Crippen molar-refractivity contribution in [2.75, 3.05) is 33.0 Å². The van der Waals surface area contributed by atoms with Crippen molar-refractivity contribution >= 4 is 11.5 Å². The standard InChI is InChI=1S/C33H47N3O2/c1-26(27-18-19-31(34)35-25-27)36(5)23-13-11-21-33(4,22-12-14-24-37-6)28-15-7-8-16-29(28)38-30-17-9-10-20-32(30,2)3/h7-10,15-19,25H,1,11-14,20-24H2,2-6H3,(H2,34,35). The Balaban J connectivity index is 1.70. The molecule has 0 aliphatic heterocycles. The fourth-order valence-electron chi connectivity index (χ4n) is 5.14. The van der Waals surface area contributed by atoms with Crippen molar-refractivity contribution in [2.45, 2.75) is 71.1 Å². The Kier molecular flexibility index (Phi) is 10.6. The number of anilines is 1. The van der Waals surface area contributed by atoms with Crippen LogP contribution in [0.15, 0.2) is 73.2 Å². The van der Waals surface area contributed by atoms with Crippen LogP contribution < -0.4 is 10.5 Å². The molecule has 5 nitrogen and oxygen atoms in total. The number of unbranched alkanes of at least 4 members (excludes halogenated alkanes) is 2. The Labute approximate surface area is 230 Å². The van der Waals surface area contributed by atoms with Crippen LogP contribution >= 0.6 is 0 Å². The van der Waals surface area contributed by atoms with Crippen LogP contribution in [0.5, 0.6) is 5.75 Å². The molecule has 38 heavy (non-hydrogen) atoms. The third-order valence-corrected chi connectivity index (χ3v) is 7.82. The highest BCUT2D eigenvalue weighted by Crippen LogP contribution is 2.43. The molecule has 1 aliphatic rings. The number of nitrogens with zero attached hydrogens (tertiary/aromatic N) is 2. The zero-order valence-corrected chi connectivity index (χ0v) is 24.1. The first-order valence-electron chi connectivity index (χ1n) is 13.9. The second-order valence-corrected chi connectivity index (χ2v) is 11.5. The largest absolute Gasteiger partial charge is 0.461 e. The van der Waals surface area contributed by atoms with Gasteiger partial charge in [-0.05, 0) is 61.8 Å². The molecule has 1 heterocycles. The Morgan fingerprint density at radius 2 is 1.84 bits per heavy atom. The highest BCUT2D eigenvalue weighted by Gasteiger charge is 2.31. The van der Waals surface area contributed by atoms with Gasteiger partial charge in [0.05, 0.1) is 0 Å². The Hall–Kier alpha value is -3.05. The van der Waals surface area contributed by atoms with Crippen LogP contribution in [0.1, 0.15) is 76.8 Å². The van der Waals surface area contributed by atoms with Crippen LogP contribution in [-0.2, 0) is 10.2 Å². The van der Waals surface area contributed by atoms with Crippen molar-refractivity contribution in [1.29, 1.82) is 0 Å². The van der Waals surface area contributed by atoms with Crippen molar-refractivity contribution in [2.24, 2.45) is 5.41 Å². The molecule has 0 bridgehead atoms. The molecule has 0 radical (unpaired) electrons. The first-order chi connectivity index (χ1) is 18.2. The van der Waals surface area contributed by atoms with Crippen LogP contribution in [0.3, 0.4) is 0 Å². The SMILES string of the molecule is C=C(c1ccc(N)nc1)N(C)CCCCC(C)(CCCCOC)c1ccccc1OC1=CC=CCC1(C)C. The van der Waals surface area contributed by atoms with E-state index in [0.29, 0.717) is 5.82 Å². The summed E-state index contributed by atoms with van der Waals surface area (Å²) in [6.07, 6.45) is 15.8. The van der Waals surface area contributed by atoms with Crippen LogP contribution in [0.4, 0.5) is 5.82 Å². The Morgan fingerprint density at radius 3 is 2.53 bits per heavy atom. The number of para-hydroxylation sites is 1. The van der Waals surface area contributed by atoms with Crippen molar-refractivity contribution in [3.05, 3.63) is 84.3 Å². The fourth-order valence-corrected chi connectivity index (χ4v) is 5.14. The second kappa shape index (κ2) is 13.7. The number of ether oxygens (including phenoxy) is 2. The molecule has 1 aliphatic carbocycles. The number of aromatic nitrogens is 1. The fraction of sp³-hybridized carbons (Fsp3) is 0.485. The number of benzene rings is 1. The normalized spacial score (nSPS) is 16.0. The van der Waals surface area contributed by atoms with Crippen molar-refractivity contribution < 1.29 is 9.47 Å². The zero-order chi connectivity index (χ0) is 27.6. The van der Waals surface area contributed by atoms with Crippen LogP contribution in [-0.4, -0.2) is 37.2 Å². The lowest BCUT2D eigenvalue weighted by Gasteiger charge is -2.35. The lowest BCUT2D eigenvalue weighted by atomic mass is 9.74. The van der Waals surface area contributed by atoms with E-state index < -0.39 is 0 Å². The molecule has 3 rings (SSSR count).